The van der Waals surface area contributed by atoms with Crippen molar-refractivity contribution in [3.8, 4) is 28.6 Å². The monoisotopic (exact) mass is 376 g/mol. The lowest BCUT2D eigenvalue weighted by atomic mass is 9.96. The van der Waals surface area contributed by atoms with Crippen LogP contribution in [-0.4, -0.2) is 28.9 Å². The number of nitrogens with zero attached hydrogens (tertiary/aromatic N) is 2. The van der Waals surface area contributed by atoms with Crippen LogP contribution in [0.4, 0.5) is 0 Å². The molecule has 1 atom stereocenters. The van der Waals surface area contributed by atoms with Crippen LogP contribution >= 0.6 is 0 Å². The summed E-state index contributed by atoms with van der Waals surface area (Å²) in [5, 5.41) is 0. The van der Waals surface area contributed by atoms with E-state index in [1.165, 1.54) is 11.1 Å². The number of ether oxygens (including phenoxy) is 3. The van der Waals surface area contributed by atoms with Crippen molar-refractivity contribution in [1.82, 2.24) is 9.55 Å². The largest absolute Gasteiger partial charge is 0.486 e. The standard InChI is InChI=1S/C22H20N2O4/c1-14-6-7-17-15(10-14)8-9-24-18(17)11-21(23-22(24)25)27-13-16-12-26-19-4-2-3-5-20(19)28-16/h2-7,10-11,16H,8-9,12-13H2,1H3/t16-/m0/s1. The van der Waals surface area contributed by atoms with E-state index in [9.17, 15) is 4.79 Å². The summed E-state index contributed by atoms with van der Waals surface area (Å²) in [4.78, 5) is 16.6. The fraction of sp³-hybridized carbons (Fsp3) is 0.273. The van der Waals surface area contributed by atoms with Gasteiger partial charge in [0.2, 0.25) is 5.88 Å². The molecule has 0 N–H and O–H groups in total. The number of aryl methyl sites for hydroxylation is 2. The van der Waals surface area contributed by atoms with Crippen molar-refractivity contribution in [2.45, 2.75) is 26.0 Å². The average Bonchev–Trinajstić information content (AvgIpc) is 2.71. The van der Waals surface area contributed by atoms with Crippen LogP contribution in [0.5, 0.6) is 17.4 Å². The van der Waals surface area contributed by atoms with E-state index in [0.717, 1.165) is 23.4 Å². The highest BCUT2D eigenvalue weighted by atomic mass is 16.6. The number of fused-ring (bicyclic) bond motifs is 4. The molecular formula is C22H20N2O4. The van der Waals surface area contributed by atoms with Gasteiger partial charge in [-0.05, 0) is 31.0 Å². The van der Waals surface area contributed by atoms with Crippen molar-refractivity contribution < 1.29 is 14.2 Å². The van der Waals surface area contributed by atoms with Crippen molar-refractivity contribution in [2.75, 3.05) is 13.2 Å². The van der Waals surface area contributed by atoms with E-state index in [1.807, 2.05) is 30.3 Å². The SMILES string of the molecule is Cc1ccc2c(c1)CCn1c-2cc(OC[C@@H]2COc3ccccc3O2)nc1=O. The Hall–Kier alpha value is -3.28. The van der Waals surface area contributed by atoms with Gasteiger partial charge >= 0.3 is 5.69 Å². The Labute approximate surface area is 162 Å². The summed E-state index contributed by atoms with van der Waals surface area (Å²) < 4.78 is 19.1. The molecule has 5 rings (SSSR count). The van der Waals surface area contributed by atoms with Gasteiger partial charge < -0.3 is 14.2 Å². The highest BCUT2D eigenvalue weighted by Crippen LogP contribution is 2.32. The topological polar surface area (TPSA) is 62.6 Å². The van der Waals surface area contributed by atoms with E-state index in [-0.39, 0.29) is 18.4 Å². The number of hydrogen-bond acceptors (Lipinski definition) is 5. The van der Waals surface area contributed by atoms with Gasteiger partial charge in [-0.2, -0.15) is 4.98 Å². The Morgan fingerprint density at radius 1 is 1.18 bits per heavy atom. The van der Waals surface area contributed by atoms with Crippen molar-refractivity contribution >= 4 is 0 Å². The highest BCUT2D eigenvalue weighted by Gasteiger charge is 2.23. The molecule has 6 heteroatoms. The average molecular weight is 376 g/mol. The van der Waals surface area contributed by atoms with Gasteiger partial charge in [-0.25, -0.2) is 4.79 Å². The van der Waals surface area contributed by atoms with Gasteiger partial charge in [0, 0.05) is 18.2 Å². The van der Waals surface area contributed by atoms with Crippen LogP contribution in [0, 0.1) is 6.92 Å². The first kappa shape index (κ1) is 16.9. The molecule has 0 unspecified atom stereocenters. The van der Waals surface area contributed by atoms with Gasteiger partial charge in [-0.15, -0.1) is 0 Å². The van der Waals surface area contributed by atoms with Crippen molar-refractivity contribution in [3.63, 3.8) is 0 Å². The van der Waals surface area contributed by atoms with Crippen LogP contribution < -0.4 is 19.9 Å². The molecule has 0 bridgehead atoms. The minimum atomic E-state index is -0.287. The second-order valence-corrected chi connectivity index (χ2v) is 7.13. The maximum Gasteiger partial charge on any atom is 0.351 e. The molecule has 3 aromatic rings. The number of rotatable bonds is 3. The Bertz CT molecular complexity index is 1110. The quantitative estimate of drug-likeness (QED) is 0.703. The molecule has 2 aliphatic rings. The minimum absolute atomic E-state index is 0.255. The third-order valence-corrected chi connectivity index (χ3v) is 5.11. The summed E-state index contributed by atoms with van der Waals surface area (Å²) in [5.74, 6) is 1.74. The molecule has 0 radical (unpaired) electrons. The Morgan fingerprint density at radius 3 is 2.93 bits per heavy atom. The predicted octanol–water partition coefficient (Wildman–Crippen LogP) is 2.99. The predicted molar refractivity (Wildman–Crippen MR) is 104 cm³/mol. The Morgan fingerprint density at radius 2 is 2.04 bits per heavy atom. The molecule has 0 aliphatic carbocycles. The van der Waals surface area contributed by atoms with E-state index in [2.05, 4.69) is 30.1 Å². The van der Waals surface area contributed by atoms with Gasteiger partial charge in [0.25, 0.3) is 0 Å². The fourth-order valence-electron chi connectivity index (χ4n) is 3.73. The lowest BCUT2D eigenvalue weighted by Gasteiger charge is -2.26. The summed E-state index contributed by atoms with van der Waals surface area (Å²) in [5.41, 5.74) is 4.09. The second kappa shape index (κ2) is 6.71. The first-order valence-corrected chi connectivity index (χ1v) is 9.40. The second-order valence-electron chi connectivity index (χ2n) is 7.13. The summed E-state index contributed by atoms with van der Waals surface area (Å²) in [6.45, 7) is 3.36. The van der Waals surface area contributed by atoms with Crippen molar-refractivity contribution in [2.24, 2.45) is 0 Å². The summed E-state index contributed by atoms with van der Waals surface area (Å²) in [6, 6.07) is 15.7. The number of aromatic nitrogens is 2. The van der Waals surface area contributed by atoms with Crippen LogP contribution in [0.3, 0.4) is 0 Å². The van der Waals surface area contributed by atoms with Crippen LogP contribution in [0.2, 0.25) is 0 Å². The molecule has 0 saturated carbocycles. The first-order chi connectivity index (χ1) is 13.7. The minimum Gasteiger partial charge on any atom is -0.486 e. The number of para-hydroxylation sites is 2. The molecule has 28 heavy (non-hydrogen) atoms. The van der Waals surface area contributed by atoms with Crippen LogP contribution in [-0.2, 0) is 13.0 Å². The zero-order valence-corrected chi connectivity index (χ0v) is 15.6. The molecule has 2 aliphatic heterocycles. The smallest absolute Gasteiger partial charge is 0.351 e. The van der Waals surface area contributed by atoms with Gasteiger partial charge in [-0.1, -0.05) is 35.9 Å². The number of benzene rings is 2. The van der Waals surface area contributed by atoms with Crippen LogP contribution in [0.1, 0.15) is 11.1 Å². The van der Waals surface area contributed by atoms with Gasteiger partial charge in [0.15, 0.2) is 17.6 Å². The van der Waals surface area contributed by atoms with Crippen LogP contribution in [0.15, 0.2) is 53.3 Å². The molecule has 1 aromatic heterocycles. The lowest BCUT2D eigenvalue weighted by Crippen LogP contribution is -2.35. The number of hydrogen-bond donors (Lipinski definition) is 0. The highest BCUT2D eigenvalue weighted by molar-refractivity contribution is 5.67. The molecular weight excluding hydrogens is 356 g/mol. The van der Waals surface area contributed by atoms with E-state index in [4.69, 9.17) is 14.2 Å². The molecule has 2 aromatic carbocycles. The molecule has 0 saturated heterocycles. The van der Waals surface area contributed by atoms with E-state index in [1.54, 1.807) is 4.57 Å². The zero-order valence-electron chi connectivity index (χ0n) is 15.6. The van der Waals surface area contributed by atoms with Gasteiger partial charge in [-0.3, -0.25) is 4.57 Å². The molecule has 6 nitrogen and oxygen atoms in total. The molecule has 0 spiro atoms. The van der Waals surface area contributed by atoms with E-state index in [0.29, 0.717) is 24.8 Å². The van der Waals surface area contributed by atoms with Crippen molar-refractivity contribution in [1.29, 1.82) is 0 Å². The maximum atomic E-state index is 12.5. The van der Waals surface area contributed by atoms with Crippen molar-refractivity contribution in [3.05, 3.63) is 70.1 Å². The third-order valence-electron chi connectivity index (χ3n) is 5.11. The Balaban J connectivity index is 1.38. The molecule has 0 amide bonds. The lowest BCUT2D eigenvalue weighted by molar-refractivity contribution is 0.0520. The van der Waals surface area contributed by atoms with E-state index < -0.39 is 0 Å². The summed E-state index contributed by atoms with van der Waals surface area (Å²) in [7, 11) is 0. The van der Waals surface area contributed by atoms with Gasteiger partial charge in [0.05, 0.1) is 5.69 Å². The van der Waals surface area contributed by atoms with E-state index >= 15 is 0 Å². The molecule has 3 heterocycles. The molecule has 142 valence electrons. The third kappa shape index (κ3) is 3.01. The normalized spacial score (nSPS) is 16.8. The summed E-state index contributed by atoms with van der Waals surface area (Å²) in [6.07, 6.45) is 0.573. The first-order valence-electron chi connectivity index (χ1n) is 9.40. The Kier molecular flexibility index (Phi) is 4.04. The fourth-order valence-corrected chi connectivity index (χ4v) is 3.73. The summed E-state index contributed by atoms with van der Waals surface area (Å²) >= 11 is 0. The molecule has 0 fully saturated rings. The van der Waals surface area contributed by atoms with Crippen LogP contribution in [0.25, 0.3) is 11.3 Å². The maximum absolute atomic E-state index is 12.5. The van der Waals surface area contributed by atoms with Gasteiger partial charge in [0.1, 0.15) is 13.2 Å². The zero-order chi connectivity index (χ0) is 19.1.